The maximum absolute atomic E-state index is 9.17. The summed E-state index contributed by atoms with van der Waals surface area (Å²) in [6.07, 6.45) is 4.02. The van der Waals surface area contributed by atoms with E-state index in [4.69, 9.17) is 0 Å². The van der Waals surface area contributed by atoms with E-state index >= 15 is 0 Å². The second-order valence-electron chi connectivity index (χ2n) is 4.02. The van der Waals surface area contributed by atoms with Crippen molar-refractivity contribution in [2.45, 2.75) is 26.0 Å². The van der Waals surface area contributed by atoms with Gasteiger partial charge in [0, 0.05) is 20.1 Å². The van der Waals surface area contributed by atoms with E-state index in [1.165, 1.54) is 0 Å². The molecule has 0 spiro atoms. The Balaban J connectivity index is 2.40. The first kappa shape index (κ1) is 12.9. The SMILES string of the molecule is CNc1cnc(CN(C)CCC(C)O)cn1. The summed E-state index contributed by atoms with van der Waals surface area (Å²) in [5.41, 5.74) is 0.937. The lowest BCUT2D eigenvalue weighted by Crippen LogP contribution is -2.22. The summed E-state index contributed by atoms with van der Waals surface area (Å²) in [6, 6.07) is 0. The van der Waals surface area contributed by atoms with Gasteiger partial charge in [-0.1, -0.05) is 0 Å². The topological polar surface area (TPSA) is 61.3 Å². The maximum Gasteiger partial charge on any atom is 0.144 e. The minimum Gasteiger partial charge on any atom is -0.393 e. The van der Waals surface area contributed by atoms with Gasteiger partial charge in [-0.3, -0.25) is 4.98 Å². The van der Waals surface area contributed by atoms with Crippen LogP contribution in [0.25, 0.3) is 0 Å². The second-order valence-corrected chi connectivity index (χ2v) is 4.02. The van der Waals surface area contributed by atoms with Crippen molar-refractivity contribution in [3.63, 3.8) is 0 Å². The predicted octanol–water partition coefficient (Wildman–Crippen LogP) is 0.721. The van der Waals surface area contributed by atoms with Crippen LogP contribution in [0.4, 0.5) is 5.82 Å². The van der Waals surface area contributed by atoms with Crippen LogP contribution in [0.3, 0.4) is 0 Å². The fourth-order valence-corrected chi connectivity index (χ4v) is 1.33. The van der Waals surface area contributed by atoms with Gasteiger partial charge < -0.3 is 15.3 Å². The minimum absolute atomic E-state index is 0.250. The maximum atomic E-state index is 9.17. The van der Waals surface area contributed by atoms with Gasteiger partial charge in [-0.15, -0.1) is 0 Å². The van der Waals surface area contributed by atoms with Gasteiger partial charge in [0.2, 0.25) is 0 Å². The van der Waals surface area contributed by atoms with Crippen LogP contribution in [0.5, 0.6) is 0 Å². The largest absolute Gasteiger partial charge is 0.393 e. The molecule has 5 nitrogen and oxygen atoms in total. The lowest BCUT2D eigenvalue weighted by atomic mass is 10.2. The van der Waals surface area contributed by atoms with Crippen LogP contribution in [-0.2, 0) is 6.54 Å². The Hall–Kier alpha value is -1.20. The molecule has 0 amide bonds. The Labute approximate surface area is 96.5 Å². The molecule has 0 bridgehead atoms. The molecule has 16 heavy (non-hydrogen) atoms. The number of hydrogen-bond acceptors (Lipinski definition) is 5. The zero-order valence-electron chi connectivity index (χ0n) is 10.1. The first-order valence-electron chi connectivity index (χ1n) is 5.47. The third-order valence-corrected chi connectivity index (χ3v) is 2.32. The average molecular weight is 224 g/mol. The molecule has 0 radical (unpaired) electrons. The van der Waals surface area contributed by atoms with Gasteiger partial charge in [-0.2, -0.15) is 0 Å². The molecule has 1 rings (SSSR count). The van der Waals surface area contributed by atoms with Crippen LogP contribution in [0.15, 0.2) is 12.4 Å². The van der Waals surface area contributed by atoms with E-state index in [2.05, 4.69) is 20.2 Å². The van der Waals surface area contributed by atoms with E-state index in [1.807, 2.05) is 14.1 Å². The van der Waals surface area contributed by atoms with Crippen molar-refractivity contribution in [1.29, 1.82) is 0 Å². The van der Waals surface area contributed by atoms with Gasteiger partial charge in [0.1, 0.15) is 5.82 Å². The Morgan fingerprint density at radius 2 is 2.19 bits per heavy atom. The lowest BCUT2D eigenvalue weighted by molar-refractivity contribution is 0.162. The van der Waals surface area contributed by atoms with E-state index in [9.17, 15) is 5.11 Å². The number of aliphatic hydroxyl groups is 1. The van der Waals surface area contributed by atoms with Crippen molar-refractivity contribution in [3.8, 4) is 0 Å². The number of hydrogen-bond donors (Lipinski definition) is 2. The molecule has 0 aliphatic rings. The van der Waals surface area contributed by atoms with Crippen molar-refractivity contribution < 1.29 is 5.11 Å². The normalized spacial score (nSPS) is 12.8. The van der Waals surface area contributed by atoms with Gasteiger partial charge in [0.25, 0.3) is 0 Å². The van der Waals surface area contributed by atoms with Crippen LogP contribution in [0.1, 0.15) is 19.0 Å². The van der Waals surface area contributed by atoms with Crippen molar-refractivity contribution >= 4 is 5.82 Å². The summed E-state index contributed by atoms with van der Waals surface area (Å²) in [5.74, 6) is 0.774. The van der Waals surface area contributed by atoms with Crippen molar-refractivity contribution in [1.82, 2.24) is 14.9 Å². The van der Waals surface area contributed by atoms with Crippen LogP contribution >= 0.6 is 0 Å². The summed E-state index contributed by atoms with van der Waals surface area (Å²) >= 11 is 0. The van der Waals surface area contributed by atoms with Crippen LogP contribution in [0, 0.1) is 0 Å². The van der Waals surface area contributed by atoms with Gasteiger partial charge in [0.05, 0.1) is 24.2 Å². The van der Waals surface area contributed by atoms with Crippen molar-refractivity contribution in [2.24, 2.45) is 0 Å². The van der Waals surface area contributed by atoms with E-state index in [0.717, 1.165) is 31.0 Å². The van der Waals surface area contributed by atoms with Crippen LogP contribution < -0.4 is 5.32 Å². The Kier molecular flexibility index (Phi) is 5.14. The molecule has 0 aromatic carbocycles. The van der Waals surface area contributed by atoms with Crippen molar-refractivity contribution in [3.05, 3.63) is 18.1 Å². The van der Waals surface area contributed by atoms with Gasteiger partial charge in [-0.25, -0.2) is 4.98 Å². The highest BCUT2D eigenvalue weighted by atomic mass is 16.3. The minimum atomic E-state index is -0.250. The first-order valence-corrected chi connectivity index (χ1v) is 5.47. The molecule has 5 heteroatoms. The van der Waals surface area contributed by atoms with E-state index in [0.29, 0.717) is 0 Å². The molecule has 1 atom stereocenters. The highest BCUT2D eigenvalue weighted by Crippen LogP contribution is 2.03. The van der Waals surface area contributed by atoms with Gasteiger partial charge in [-0.05, 0) is 20.4 Å². The average Bonchev–Trinajstić information content (AvgIpc) is 2.27. The molecule has 90 valence electrons. The number of aromatic nitrogens is 2. The van der Waals surface area contributed by atoms with E-state index in [-0.39, 0.29) is 6.10 Å². The third-order valence-electron chi connectivity index (χ3n) is 2.32. The molecule has 1 aromatic rings. The molecule has 0 saturated heterocycles. The smallest absolute Gasteiger partial charge is 0.144 e. The summed E-state index contributed by atoms with van der Waals surface area (Å²) in [6.45, 7) is 3.41. The quantitative estimate of drug-likeness (QED) is 0.745. The molecule has 1 aromatic heterocycles. The summed E-state index contributed by atoms with van der Waals surface area (Å²) in [7, 11) is 3.83. The number of anilines is 1. The summed E-state index contributed by atoms with van der Waals surface area (Å²) < 4.78 is 0. The molecule has 0 fully saturated rings. The number of nitrogens with zero attached hydrogens (tertiary/aromatic N) is 3. The summed E-state index contributed by atoms with van der Waals surface area (Å²) in [5, 5.41) is 12.1. The molecular weight excluding hydrogens is 204 g/mol. The Bertz CT molecular complexity index is 299. The first-order chi connectivity index (χ1) is 7.61. The lowest BCUT2D eigenvalue weighted by Gasteiger charge is -2.16. The molecule has 0 aliphatic carbocycles. The third kappa shape index (κ3) is 4.55. The molecule has 2 N–H and O–H groups in total. The molecular formula is C11H20N4O. The zero-order valence-corrected chi connectivity index (χ0v) is 10.1. The fourth-order valence-electron chi connectivity index (χ4n) is 1.33. The Morgan fingerprint density at radius 1 is 1.44 bits per heavy atom. The van der Waals surface area contributed by atoms with E-state index in [1.54, 1.807) is 19.3 Å². The number of rotatable bonds is 6. The molecule has 0 saturated carbocycles. The molecule has 1 heterocycles. The van der Waals surface area contributed by atoms with Crippen LogP contribution in [0.2, 0.25) is 0 Å². The van der Waals surface area contributed by atoms with E-state index < -0.39 is 0 Å². The fraction of sp³-hybridized carbons (Fsp3) is 0.636. The highest BCUT2D eigenvalue weighted by molar-refractivity contribution is 5.29. The van der Waals surface area contributed by atoms with Crippen molar-refractivity contribution in [2.75, 3.05) is 26.0 Å². The second kappa shape index (κ2) is 6.40. The van der Waals surface area contributed by atoms with Gasteiger partial charge in [0.15, 0.2) is 0 Å². The highest BCUT2D eigenvalue weighted by Gasteiger charge is 2.04. The zero-order chi connectivity index (χ0) is 12.0. The predicted molar refractivity (Wildman–Crippen MR) is 64.2 cm³/mol. The van der Waals surface area contributed by atoms with Gasteiger partial charge >= 0.3 is 0 Å². The van der Waals surface area contributed by atoms with Crippen LogP contribution in [-0.4, -0.2) is 46.7 Å². The number of aliphatic hydroxyl groups excluding tert-OH is 1. The summed E-state index contributed by atoms with van der Waals surface area (Å²) in [4.78, 5) is 10.6. The molecule has 0 aliphatic heterocycles. The number of nitrogens with one attached hydrogen (secondary N) is 1. The Morgan fingerprint density at radius 3 is 2.69 bits per heavy atom. The monoisotopic (exact) mass is 224 g/mol. The molecule has 1 unspecified atom stereocenters. The standard InChI is InChI=1S/C11H20N4O/c1-9(16)4-5-15(3)8-10-6-14-11(12-2)7-13-10/h6-7,9,16H,4-5,8H2,1-3H3,(H,12,14).